The van der Waals surface area contributed by atoms with Gasteiger partial charge < -0.3 is 14.4 Å². The van der Waals surface area contributed by atoms with Crippen molar-refractivity contribution in [1.29, 1.82) is 0 Å². The lowest BCUT2D eigenvalue weighted by Gasteiger charge is -2.34. The highest BCUT2D eigenvalue weighted by Gasteiger charge is 2.22. The van der Waals surface area contributed by atoms with Crippen LogP contribution in [-0.2, 0) is 9.47 Å². The van der Waals surface area contributed by atoms with Gasteiger partial charge in [-0.05, 0) is 14.0 Å². The Morgan fingerprint density at radius 1 is 1.55 bits per heavy atom. The fourth-order valence-corrected chi connectivity index (χ4v) is 1.55. The number of methoxy groups -OCH3 is 1. The van der Waals surface area contributed by atoms with Crippen LogP contribution in [0.5, 0.6) is 0 Å². The number of nitrogens with zero attached hydrogens (tertiary/aromatic N) is 1. The van der Waals surface area contributed by atoms with Gasteiger partial charge in [-0.1, -0.05) is 0 Å². The molecule has 0 spiro atoms. The molecule has 0 N–H and O–H groups in total. The van der Waals surface area contributed by atoms with Crippen molar-refractivity contribution >= 4 is 0 Å². The van der Waals surface area contributed by atoms with Crippen LogP contribution in [0.3, 0.4) is 0 Å². The van der Waals surface area contributed by atoms with Gasteiger partial charge >= 0.3 is 0 Å². The molecule has 0 bridgehead atoms. The van der Waals surface area contributed by atoms with Gasteiger partial charge in [0.2, 0.25) is 0 Å². The Morgan fingerprint density at radius 2 is 2.27 bits per heavy atom. The number of likely N-dealkylation sites (N-methyl/N-ethyl adjacent to an activating group) is 1. The molecule has 0 radical (unpaired) electrons. The minimum absolute atomic E-state index is 0.258. The Balaban J connectivity index is 2.30. The van der Waals surface area contributed by atoms with E-state index in [2.05, 4.69) is 18.9 Å². The fourth-order valence-electron chi connectivity index (χ4n) is 1.55. The molecule has 0 aromatic carbocycles. The maximum atomic E-state index is 5.63. The summed E-state index contributed by atoms with van der Waals surface area (Å²) in [6.07, 6.45) is 0.600. The van der Waals surface area contributed by atoms with Gasteiger partial charge in [0.05, 0.1) is 18.8 Å². The van der Waals surface area contributed by atoms with E-state index in [1.165, 1.54) is 0 Å². The summed E-state index contributed by atoms with van der Waals surface area (Å²) in [6.45, 7) is 4.81. The molecule has 11 heavy (non-hydrogen) atoms. The number of rotatable bonds is 2. The predicted octanol–water partition coefficient (Wildman–Crippen LogP) is 0.352. The minimum atomic E-state index is 0.258. The van der Waals surface area contributed by atoms with E-state index in [9.17, 15) is 0 Å². The molecular weight excluding hydrogens is 142 g/mol. The van der Waals surface area contributed by atoms with E-state index >= 15 is 0 Å². The lowest BCUT2D eigenvalue weighted by Crippen LogP contribution is -2.46. The molecule has 1 saturated heterocycles. The quantitative estimate of drug-likeness (QED) is 0.580. The third-order valence-corrected chi connectivity index (χ3v) is 1.86. The monoisotopic (exact) mass is 159 g/mol. The van der Waals surface area contributed by atoms with Crippen LogP contribution in [0.4, 0.5) is 0 Å². The largest absolute Gasteiger partial charge is 0.382 e. The summed E-state index contributed by atoms with van der Waals surface area (Å²) in [5.74, 6) is 0. The second kappa shape index (κ2) is 4.04. The molecule has 3 heteroatoms. The maximum absolute atomic E-state index is 5.63. The molecule has 1 aliphatic heterocycles. The topological polar surface area (TPSA) is 21.7 Å². The van der Waals surface area contributed by atoms with Gasteiger partial charge in [0.1, 0.15) is 0 Å². The summed E-state index contributed by atoms with van der Waals surface area (Å²) < 4.78 is 10.7. The molecule has 1 heterocycles. The van der Waals surface area contributed by atoms with Gasteiger partial charge in [0, 0.05) is 20.2 Å². The smallest absolute Gasteiger partial charge is 0.0938 e. The number of hydrogen-bond donors (Lipinski definition) is 0. The standard InChI is InChI=1S/C8H17NO2/c1-7-4-9(2)5-8(11-7)6-10-3/h7-8H,4-6H2,1-3H3/t7-,8+/m1/s1. The summed E-state index contributed by atoms with van der Waals surface area (Å²) in [5, 5.41) is 0. The number of morpholine rings is 1. The third-order valence-electron chi connectivity index (χ3n) is 1.86. The van der Waals surface area contributed by atoms with Crippen LogP contribution in [0, 0.1) is 0 Å². The van der Waals surface area contributed by atoms with Crippen LogP contribution in [0.1, 0.15) is 6.92 Å². The molecule has 0 aromatic heterocycles. The van der Waals surface area contributed by atoms with Crippen molar-refractivity contribution in [3.8, 4) is 0 Å². The molecule has 1 rings (SSSR count). The molecule has 0 unspecified atom stereocenters. The molecule has 0 aromatic rings. The van der Waals surface area contributed by atoms with Crippen molar-refractivity contribution < 1.29 is 9.47 Å². The Hall–Kier alpha value is -0.120. The molecular formula is C8H17NO2. The molecule has 3 nitrogen and oxygen atoms in total. The summed E-state index contributed by atoms with van der Waals surface area (Å²) in [7, 11) is 3.82. The SMILES string of the molecule is COC[C@@H]1CN(C)C[C@@H](C)O1. The van der Waals surface area contributed by atoms with E-state index in [1.54, 1.807) is 7.11 Å². The van der Waals surface area contributed by atoms with E-state index in [0.717, 1.165) is 13.1 Å². The lowest BCUT2D eigenvalue weighted by molar-refractivity contribution is -0.0948. The predicted molar refractivity (Wildman–Crippen MR) is 43.7 cm³/mol. The van der Waals surface area contributed by atoms with E-state index in [0.29, 0.717) is 12.7 Å². The molecule has 2 atom stereocenters. The molecule has 0 saturated carbocycles. The molecule has 66 valence electrons. The minimum Gasteiger partial charge on any atom is -0.382 e. The molecule has 1 aliphatic rings. The van der Waals surface area contributed by atoms with Gasteiger partial charge in [0.25, 0.3) is 0 Å². The van der Waals surface area contributed by atoms with Gasteiger partial charge in [-0.2, -0.15) is 0 Å². The average molecular weight is 159 g/mol. The van der Waals surface area contributed by atoms with Crippen molar-refractivity contribution in [2.24, 2.45) is 0 Å². The zero-order valence-corrected chi connectivity index (χ0v) is 7.54. The first-order valence-corrected chi connectivity index (χ1v) is 4.05. The Morgan fingerprint density at radius 3 is 2.82 bits per heavy atom. The van der Waals surface area contributed by atoms with Crippen LogP contribution in [0.25, 0.3) is 0 Å². The first-order chi connectivity index (χ1) is 5.22. The van der Waals surface area contributed by atoms with Crippen LogP contribution < -0.4 is 0 Å². The third kappa shape index (κ3) is 2.77. The highest BCUT2D eigenvalue weighted by Crippen LogP contribution is 2.08. The summed E-state index contributed by atoms with van der Waals surface area (Å²) in [4.78, 5) is 2.28. The van der Waals surface area contributed by atoms with Crippen molar-refractivity contribution in [2.45, 2.75) is 19.1 Å². The Labute approximate surface area is 68.3 Å². The van der Waals surface area contributed by atoms with E-state index in [1.807, 2.05) is 0 Å². The van der Waals surface area contributed by atoms with Crippen LogP contribution >= 0.6 is 0 Å². The summed E-state index contributed by atoms with van der Waals surface area (Å²) in [5.41, 5.74) is 0. The Bertz CT molecular complexity index is 109. The molecule has 0 aliphatic carbocycles. The van der Waals surface area contributed by atoms with Crippen LogP contribution in [0.2, 0.25) is 0 Å². The Kier molecular flexibility index (Phi) is 3.30. The van der Waals surface area contributed by atoms with Crippen molar-refractivity contribution in [2.75, 3.05) is 33.9 Å². The van der Waals surface area contributed by atoms with Crippen molar-refractivity contribution in [3.63, 3.8) is 0 Å². The zero-order valence-electron chi connectivity index (χ0n) is 7.54. The summed E-state index contributed by atoms with van der Waals surface area (Å²) in [6, 6.07) is 0. The molecule has 0 amide bonds. The first-order valence-electron chi connectivity index (χ1n) is 4.05. The van der Waals surface area contributed by atoms with Gasteiger partial charge in [-0.15, -0.1) is 0 Å². The van der Waals surface area contributed by atoms with Gasteiger partial charge in [0.15, 0.2) is 0 Å². The van der Waals surface area contributed by atoms with Gasteiger partial charge in [-0.25, -0.2) is 0 Å². The highest BCUT2D eigenvalue weighted by molar-refractivity contribution is 4.72. The van der Waals surface area contributed by atoms with Crippen molar-refractivity contribution in [3.05, 3.63) is 0 Å². The van der Waals surface area contributed by atoms with Crippen molar-refractivity contribution in [1.82, 2.24) is 4.90 Å². The zero-order chi connectivity index (χ0) is 8.27. The van der Waals surface area contributed by atoms with E-state index in [-0.39, 0.29) is 6.10 Å². The lowest BCUT2D eigenvalue weighted by atomic mass is 10.2. The van der Waals surface area contributed by atoms with Crippen LogP contribution in [-0.4, -0.2) is 51.0 Å². The van der Waals surface area contributed by atoms with Gasteiger partial charge in [-0.3, -0.25) is 0 Å². The maximum Gasteiger partial charge on any atom is 0.0938 e. The second-order valence-electron chi connectivity index (χ2n) is 3.25. The number of hydrogen-bond acceptors (Lipinski definition) is 3. The normalized spacial score (nSPS) is 34.1. The fraction of sp³-hybridized carbons (Fsp3) is 1.00. The van der Waals surface area contributed by atoms with E-state index in [4.69, 9.17) is 9.47 Å². The number of ether oxygens (including phenoxy) is 2. The summed E-state index contributed by atoms with van der Waals surface area (Å²) >= 11 is 0. The average Bonchev–Trinajstić information content (AvgIpc) is 1.85. The molecule has 1 fully saturated rings. The van der Waals surface area contributed by atoms with Crippen LogP contribution in [0.15, 0.2) is 0 Å². The second-order valence-corrected chi connectivity index (χ2v) is 3.25. The van der Waals surface area contributed by atoms with E-state index < -0.39 is 0 Å². The highest BCUT2D eigenvalue weighted by atomic mass is 16.5. The first kappa shape index (κ1) is 8.97.